The Morgan fingerprint density at radius 1 is 0.353 bits per heavy atom. The van der Waals surface area contributed by atoms with Gasteiger partial charge in [0.1, 0.15) is 57.8 Å². The summed E-state index contributed by atoms with van der Waals surface area (Å²) in [6.07, 6.45) is -0.716. The van der Waals surface area contributed by atoms with Crippen molar-refractivity contribution in [1.29, 1.82) is 0 Å². The van der Waals surface area contributed by atoms with E-state index in [0.717, 1.165) is 11.1 Å². The second kappa shape index (κ2) is 11.0. The molecule has 1 heterocycles. The van der Waals surface area contributed by atoms with Gasteiger partial charge in [-0.05, 0) is 88.0 Å². The number of hydrogen-bond acceptors (Lipinski definition) is 9. The Balaban J connectivity index is 1.44. The lowest BCUT2D eigenvalue weighted by Crippen LogP contribution is -2.26. The predicted octanol–water partition coefficient (Wildman–Crippen LogP) is 7.76. The summed E-state index contributed by atoms with van der Waals surface area (Å²) in [6.45, 7) is 0. The van der Waals surface area contributed by atoms with Crippen molar-refractivity contribution in [2.45, 2.75) is 35.7 Å². The molecule has 0 radical (unpaired) electrons. The number of phenols is 8. The highest BCUT2D eigenvalue weighted by molar-refractivity contribution is 5.69. The fourth-order valence-corrected chi connectivity index (χ4v) is 9.07. The van der Waals surface area contributed by atoms with Gasteiger partial charge in [0, 0.05) is 58.6 Å². The van der Waals surface area contributed by atoms with Crippen LogP contribution >= 0.6 is 0 Å². The van der Waals surface area contributed by atoms with E-state index in [2.05, 4.69) is 0 Å². The van der Waals surface area contributed by atoms with Gasteiger partial charge >= 0.3 is 0 Å². The molecule has 2 aliphatic carbocycles. The standard InChI is InChI=1S/C42H32O9/c43-22-7-1-19(2-8-22)34-36-28(13-25(46)16-31(36)49)39-35(20-3-9-23(44)10-4-20)37-29(14-26(47)17-32(37)50)41-38-30(40(34)39)15-27(48)18-33(38)51-42(41)21-5-11-24(45)12-6-21/h1-18,34-35,39-50H/t34-,35-,39+,40?,41-,42+/m1/s1. The van der Waals surface area contributed by atoms with E-state index in [1.165, 1.54) is 12.1 Å². The highest BCUT2D eigenvalue weighted by Crippen LogP contribution is 2.69. The first kappa shape index (κ1) is 30.6. The molecule has 3 aliphatic rings. The number of phenolic OH excluding ortho intramolecular Hbond substituents is 8. The van der Waals surface area contributed by atoms with Gasteiger partial charge in [0.2, 0.25) is 0 Å². The number of benzene rings is 6. The molecular weight excluding hydrogens is 648 g/mol. The molecule has 9 rings (SSSR count). The second-order valence-corrected chi connectivity index (χ2v) is 13.7. The Bertz CT molecular complexity index is 2350. The third kappa shape index (κ3) is 4.61. The molecular formula is C42H32O9. The Labute approximate surface area is 291 Å². The van der Waals surface area contributed by atoms with Crippen LogP contribution in [0.25, 0.3) is 0 Å². The molecule has 6 aromatic rings. The first-order valence-corrected chi connectivity index (χ1v) is 16.6. The van der Waals surface area contributed by atoms with Crippen molar-refractivity contribution in [1.82, 2.24) is 0 Å². The third-order valence-electron chi connectivity index (χ3n) is 10.9. The van der Waals surface area contributed by atoms with Gasteiger partial charge in [0.05, 0.1) is 5.92 Å². The van der Waals surface area contributed by atoms with Crippen LogP contribution in [-0.4, -0.2) is 40.9 Å². The van der Waals surface area contributed by atoms with Gasteiger partial charge in [-0.2, -0.15) is 0 Å². The van der Waals surface area contributed by atoms with Crippen molar-refractivity contribution in [3.63, 3.8) is 0 Å². The minimum atomic E-state index is -0.716. The summed E-state index contributed by atoms with van der Waals surface area (Å²) in [6, 6.07) is 29.0. The van der Waals surface area contributed by atoms with Crippen molar-refractivity contribution in [2.24, 2.45) is 0 Å². The molecule has 0 fully saturated rings. The van der Waals surface area contributed by atoms with E-state index in [0.29, 0.717) is 44.7 Å². The van der Waals surface area contributed by atoms with Gasteiger partial charge in [0.25, 0.3) is 0 Å². The van der Waals surface area contributed by atoms with Crippen LogP contribution in [0.15, 0.2) is 109 Å². The van der Waals surface area contributed by atoms with Gasteiger partial charge in [0.15, 0.2) is 0 Å². The fraction of sp³-hybridized carbons (Fsp3) is 0.143. The summed E-state index contributed by atoms with van der Waals surface area (Å²) in [5.41, 5.74) is 5.78. The van der Waals surface area contributed by atoms with E-state index >= 15 is 0 Å². The van der Waals surface area contributed by atoms with E-state index in [1.54, 1.807) is 97.1 Å². The lowest BCUT2D eigenvalue weighted by atomic mass is 9.63. The van der Waals surface area contributed by atoms with Gasteiger partial charge < -0.3 is 45.6 Å². The molecule has 9 heteroatoms. The van der Waals surface area contributed by atoms with Crippen LogP contribution < -0.4 is 4.74 Å². The summed E-state index contributed by atoms with van der Waals surface area (Å²) in [4.78, 5) is 0. The van der Waals surface area contributed by atoms with E-state index < -0.39 is 35.7 Å². The molecule has 0 saturated carbocycles. The molecule has 1 unspecified atom stereocenters. The Morgan fingerprint density at radius 2 is 0.745 bits per heavy atom. The van der Waals surface area contributed by atoms with Crippen LogP contribution in [0, 0.1) is 0 Å². The third-order valence-corrected chi connectivity index (χ3v) is 10.9. The zero-order chi connectivity index (χ0) is 35.3. The van der Waals surface area contributed by atoms with Crippen molar-refractivity contribution < 1.29 is 45.6 Å². The molecule has 51 heavy (non-hydrogen) atoms. The number of fused-ring (bicyclic) bond motifs is 6. The van der Waals surface area contributed by atoms with Crippen molar-refractivity contribution in [3.05, 3.63) is 159 Å². The average molecular weight is 681 g/mol. The molecule has 0 bridgehead atoms. The smallest absolute Gasteiger partial charge is 0.135 e. The molecule has 8 N–H and O–H groups in total. The summed E-state index contributed by atoms with van der Waals surface area (Å²) in [5.74, 6) is -3.24. The second-order valence-electron chi connectivity index (χ2n) is 13.7. The summed E-state index contributed by atoms with van der Waals surface area (Å²) in [5, 5.41) is 87.9. The van der Waals surface area contributed by atoms with Crippen LogP contribution in [0.2, 0.25) is 0 Å². The van der Waals surface area contributed by atoms with Gasteiger partial charge in [-0.3, -0.25) is 0 Å². The van der Waals surface area contributed by atoms with Crippen LogP contribution in [0.5, 0.6) is 51.7 Å². The zero-order valence-electron chi connectivity index (χ0n) is 26.8. The summed E-state index contributed by atoms with van der Waals surface area (Å²) in [7, 11) is 0. The van der Waals surface area contributed by atoms with Gasteiger partial charge in [-0.1, -0.05) is 36.4 Å². The van der Waals surface area contributed by atoms with E-state index in [9.17, 15) is 40.9 Å². The van der Waals surface area contributed by atoms with E-state index in [-0.39, 0.29) is 46.0 Å². The number of aromatic hydroxyl groups is 8. The maximum absolute atomic E-state index is 12.0. The van der Waals surface area contributed by atoms with E-state index in [4.69, 9.17) is 4.74 Å². The molecule has 0 aromatic heterocycles. The first-order chi connectivity index (χ1) is 24.6. The molecule has 0 spiro atoms. The normalized spacial score (nSPS) is 22.5. The Morgan fingerprint density at radius 3 is 1.24 bits per heavy atom. The highest BCUT2D eigenvalue weighted by Gasteiger charge is 2.54. The SMILES string of the molecule is Oc1ccc([C@@H]2c3c(O)cc(O)cc3[C@@H]3C2c2cc(O)cc4c2[C@@H](c2cc(O)cc(O)c2[C@H]3c2ccc(O)cc2)[C@H](c2ccc(O)cc2)O4)cc1. The Hall–Kier alpha value is -6.48. The molecule has 0 amide bonds. The number of rotatable bonds is 3. The molecule has 0 saturated heterocycles. The summed E-state index contributed by atoms with van der Waals surface area (Å²) < 4.78 is 6.71. The minimum Gasteiger partial charge on any atom is -0.508 e. The number of hydrogen-bond donors (Lipinski definition) is 8. The summed E-state index contributed by atoms with van der Waals surface area (Å²) >= 11 is 0. The molecule has 6 atom stereocenters. The maximum atomic E-state index is 12.0. The lowest BCUT2D eigenvalue weighted by molar-refractivity contribution is 0.220. The lowest BCUT2D eigenvalue weighted by Gasteiger charge is -2.39. The van der Waals surface area contributed by atoms with E-state index in [1.807, 2.05) is 0 Å². The van der Waals surface area contributed by atoms with Crippen LogP contribution in [0.1, 0.15) is 85.8 Å². The largest absolute Gasteiger partial charge is 0.508 e. The van der Waals surface area contributed by atoms with Crippen LogP contribution in [0.3, 0.4) is 0 Å². The molecule has 9 nitrogen and oxygen atoms in total. The fourth-order valence-electron chi connectivity index (χ4n) is 9.07. The van der Waals surface area contributed by atoms with Gasteiger partial charge in [-0.25, -0.2) is 0 Å². The van der Waals surface area contributed by atoms with Crippen molar-refractivity contribution >= 4 is 0 Å². The van der Waals surface area contributed by atoms with Crippen molar-refractivity contribution in [2.75, 3.05) is 0 Å². The highest BCUT2D eigenvalue weighted by atomic mass is 16.5. The monoisotopic (exact) mass is 680 g/mol. The average Bonchev–Trinajstić information content (AvgIpc) is 3.62. The quantitative estimate of drug-likeness (QED) is 0.0931. The van der Waals surface area contributed by atoms with Crippen molar-refractivity contribution in [3.8, 4) is 51.7 Å². The van der Waals surface area contributed by atoms with Gasteiger partial charge in [-0.15, -0.1) is 0 Å². The maximum Gasteiger partial charge on any atom is 0.135 e. The topological polar surface area (TPSA) is 171 Å². The predicted molar refractivity (Wildman–Crippen MR) is 186 cm³/mol. The minimum absolute atomic E-state index is 0.0388. The first-order valence-electron chi connectivity index (χ1n) is 16.6. The molecule has 254 valence electrons. The van der Waals surface area contributed by atoms with Crippen LogP contribution in [0.4, 0.5) is 0 Å². The molecule has 1 aliphatic heterocycles. The Kier molecular flexibility index (Phi) is 6.60. The zero-order valence-corrected chi connectivity index (χ0v) is 26.8. The molecule has 6 aromatic carbocycles. The van der Waals surface area contributed by atoms with Crippen LogP contribution in [-0.2, 0) is 0 Å². The number of ether oxygens (including phenoxy) is 1.